The van der Waals surface area contributed by atoms with Gasteiger partial charge in [0.2, 0.25) is 0 Å². The summed E-state index contributed by atoms with van der Waals surface area (Å²) < 4.78 is 8.79. The maximum atomic E-state index is 6.41. The second-order valence-corrected chi connectivity index (χ2v) is 15.2. The van der Waals surface area contributed by atoms with Crippen LogP contribution in [0.1, 0.15) is 0 Å². The Kier molecular flexibility index (Phi) is 7.26. The minimum absolute atomic E-state index is 0.915. The van der Waals surface area contributed by atoms with Gasteiger partial charge in [0.15, 0.2) is 0 Å². The summed E-state index contributed by atoms with van der Waals surface area (Å²) in [7, 11) is 0. The van der Waals surface area contributed by atoms with Crippen molar-refractivity contribution in [3.63, 3.8) is 0 Å². The van der Waals surface area contributed by atoms with Crippen LogP contribution in [0.5, 0.6) is 0 Å². The first-order valence-corrected chi connectivity index (χ1v) is 19.9. The third-order valence-corrected chi connectivity index (χ3v) is 12.0. The maximum absolute atomic E-state index is 6.41. The highest BCUT2D eigenvalue weighted by molar-refractivity contribution is 6.22. The molecule has 2 heterocycles. The number of furan rings is 1. The number of benzene rings is 10. The van der Waals surface area contributed by atoms with Crippen LogP contribution < -0.4 is 0 Å². The van der Waals surface area contributed by atoms with E-state index >= 15 is 0 Å². The van der Waals surface area contributed by atoms with Crippen LogP contribution in [0, 0.1) is 0 Å². The van der Waals surface area contributed by atoms with E-state index in [4.69, 9.17) is 4.42 Å². The average molecular weight is 738 g/mol. The van der Waals surface area contributed by atoms with Gasteiger partial charge >= 0.3 is 0 Å². The molecule has 0 atom stereocenters. The molecule has 0 saturated carbocycles. The summed E-state index contributed by atoms with van der Waals surface area (Å²) in [4.78, 5) is 0. The molecule has 2 nitrogen and oxygen atoms in total. The standard InChI is InChI=1S/C56H35NO/c1-2-16-41(17-3-1)57-51-26-10-8-18-43(51)50-35-39(32-33-52(50)57)38-14-12-15-40(34-38)55-47-22-6-4-20-45(47)54(46-21-5-7-23-48(46)55)37-30-28-36(29-31-37)42-24-13-25-49-44-19-9-11-27-53(44)58-56(42)49/h1-35H. The number of hydrogen-bond donors (Lipinski definition) is 0. The molecule has 0 fully saturated rings. The minimum Gasteiger partial charge on any atom is -0.455 e. The fourth-order valence-corrected chi connectivity index (χ4v) is 9.40. The number of hydrogen-bond acceptors (Lipinski definition) is 1. The Bertz CT molecular complexity index is 3490. The lowest BCUT2D eigenvalue weighted by atomic mass is 9.85. The van der Waals surface area contributed by atoms with E-state index in [1.807, 2.05) is 12.1 Å². The molecule has 10 aromatic carbocycles. The molecule has 270 valence electrons. The summed E-state index contributed by atoms with van der Waals surface area (Å²) in [6, 6.07) is 77.0. The van der Waals surface area contributed by atoms with E-state index < -0.39 is 0 Å². The fraction of sp³-hybridized carbons (Fsp3) is 0. The molecule has 0 aliphatic carbocycles. The number of para-hydroxylation sites is 4. The summed E-state index contributed by atoms with van der Waals surface area (Å²) in [5, 5.41) is 9.76. The predicted octanol–water partition coefficient (Wildman–Crippen LogP) is 15.7. The van der Waals surface area contributed by atoms with Crippen molar-refractivity contribution >= 4 is 65.3 Å². The van der Waals surface area contributed by atoms with Gasteiger partial charge in [-0.05, 0) is 103 Å². The zero-order valence-electron chi connectivity index (χ0n) is 31.6. The minimum atomic E-state index is 0.915. The Morgan fingerprint density at radius 3 is 1.55 bits per heavy atom. The smallest absolute Gasteiger partial charge is 0.143 e. The molecule has 2 aromatic heterocycles. The molecule has 0 radical (unpaired) electrons. The van der Waals surface area contributed by atoms with Crippen LogP contribution in [-0.2, 0) is 0 Å². The lowest BCUT2D eigenvalue weighted by Gasteiger charge is -2.18. The molecule has 0 aliphatic rings. The predicted molar refractivity (Wildman–Crippen MR) is 245 cm³/mol. The highest BCUT2D eigenvalue weighted by Crippen LogP contribution is 2.45. The fourth-order valence-electron chi connectivity index (χ4n) is 9.40. The molecular weight excluding hydrogens is 703 g/mol. The van der Waals surface area contributed by atoms with Crippen molar-refractivity contribution in [1.29, 1.82) is 0 Å². The molecule has 12 rings (SSSR count). The van der Waals surface area contributed by atoms with Crippen molar-refractivity contribution < 1.29 is 4.42 Å². The molecule has 2 heteroatoms. The highest BCUT2D eigenvalue weighted by atomic mass is 16.3. The first-order chi connectivity index (χ1) is 28.8. The van der Waals surface area contributed by atoms with E-state index in [1.165, 1.54) is 82.4 Å². The van der Waals surface area contributed by atoms with Crippen LogP contribution >= 0.6 is 0 Å². The first-order valence-electron chi connectivity index (χ1n) is 19.9. The van der Waals surface area contributed by atoms with Gasteiger partial charge in [-0.3, -0.25) is 0 Å². The molecule has 0 spiro atoms. The lowest BCUT2D eigenvalue weighted by molar-refractivity contribution is 0.670. The third kappa shape index (κ3) is 4.99. The molecule has 0 N–H and O–H groups in total. The van der Waals surface area contributed by atoms with Gasteiger partial charge in [-0.2, -0.15) is 0 Å². The van der Waals surface area contributed by atoms with Crippen LogP contribution in [0.3, 0.4) is 0 Å². The van der Waals surface area contributed by atoms with Crippen LogP contribution in [0.2, 0.25) is 0 Å². The highest BCUT2D eigenvalue weighted by Gasteiger charge is 2.19. The van der Waals surface area contributed by atoms with E-state index in [2.05, 4.69) is 205 Å². The van der Waals surface area contributed by atoms with E-state index in [0.717, 1.165) is 33.1 Å². The summed E-state index contributed by atoms with van der Waals surface area (Å²) in [5.74, 6) is 0. The molecule has 58 heavy (non-hydrogen) atoms. The maximum Gasteiger partial charge on any atom is 0.143 e. The Labute approximate surface area is 335 Å². The van der Waals surface area contributed by atoms with Crippen molar-refractivity contribution in [1.82, 2.24) is 4.57 Å². The zero-order valence-corrected chi connectivity index (χ0v) is 31.6. The van der Waals surface area contributed by atoms with Gasteiger partial charge in [0.1, 0.15) is 11.2 Å². The van der Waals surface area contributed by atoms with Crippen molar-refractivity contribution in [2.75, 3.05) is 0 Å². The van der Waals surface area contributed by atoms with E-state index in [-0.39, 0.29) is 0 Å². The van der Waals surface area contributed by atoms with E-state index in [9.17, 15) is 0 Å². The Morgan fingerprint density at radius 2 is 0.810 bits per heavy atom. The Hall–Kier alpha value is -7.68. The second kappa shape index (κ2) is 12.9. The Balaban J connectivity index is 0.994. The summed E-state index contributed by atoms with van der Waals surface area (Å²) in [6.45, 7) is 0. The molecule has 12 aromatic rings. The van der Waals surface area contributed by atoms with Gasteiger partial charge in [-0.25, -0.2) is 0 Å². The van der Waals surface area contributed by atoms with Crippen molar-refractivity contribution in [3.05, 3.63) is 212 Å². The first kappa shape index (κ1) is 32.6. The largest absolute Gasteiger partial charge is 0.455 e. The van der Waals surface area contributed by atoms with Crippen molar-refractivity contribution in [2.45, 2.75) is 0 Å². The number of rotatable bonds is 5. The van der Waals surface area contributed by atoms with Crippen molar-refractivity contribution in [3.8, 4) is 50.2 Å². The molecule has 0 bridgehead atoms. The topological polar surface area (TPSA) is 18.1 Å². The van der Waals surface area contributed by atoms with Gasteiger partial charge in [-0.1, -0.05) is 170 Å². The quantitative estimate of drug-likeness (QED) is 0.161. The van der Waals surface area contributed by atoms with Crippen LogP contribution in [-0.4, -0.2) is 4.57 Å². The number of nitrogens with zero attached hydrogens (tertiary/aromatic N) is 1. The molecule has 0 saturated heterocycles. The van der Waals surface area contributed by atoms with E-state index in [1.54, 1.807) is 0 Å². The second-order valence-electron chi connectivity index (χ2n) is 15.2. The molecular formula is C56H35NO. The van der Waals surface area contributed by atoms with E-state index in [0.29, 0.717) is 0 Å². The summed E-state index contributed by atoms with van der Waals surface area (Å²) in [5.41, 5.74) is 15.0. The average Bonchev–Trinajstić information content (AvgIpc) is 3.84. The van der Waals surface area contributed by atoms with Gasteiger partial charge in [0.25, 0.3) is 0 Å². The van der Waals surface area contributed by atoms with Crippen LogP contribution in [0.4, 0.5) is 0 Å². The molecule has 0 unspecified atom stereocenters. The monoisotopic (exact) mass is 737 g/mol. The van der Waals surface area contributed by atoms with Gasteiger partial charge in [0.05, 0.1) is 11.0 Å². The normalized spacial score (nSPS) is 11.8. The third-order valence-electron chi connectivity index (χ3n) is 12.0. The zero-order chi connectivity index (χ0) is 38.2. The van der Waals surface area contributed by atoms with Gasteiger partial charge in [-0.15, -0.1) is 0 Å². The number of fused-ring (bicyclic) bond motifs is 8. The van der Waals surface area contributed by atoms with Crippen molar-refractivity contribution in [2.24, 2.45) is 0 Å². The summed E-state index contributed by atoms with van der Waals surface area (Å²) >= 11 is 0. The van der Waals surface area contributed by atoms with Crippen LogP contribution in [0.25, 0.3) is 115 Å². The summed E-state index contributed by atoms with van der Waals surface area (Å²) in [6.07, 6.45) is 0. The molecule has 0 amide bonds. The molecule has 0 aliphatic heterocycles. The van der Waals surface area contributed by atoms with Gasteiger partial charge < -0.3 is 8.98 Å². The SMILES string of the molecule is c1ccc(-n2c3ccccc3c3cc(-c4cccc(-c5c6ccccc6c(-c6ccc(-c7cccc8c7oc7ccccc78)cc6)c6ccccc56)c4)ccc32)cc1. The Morgan fingerprint density at radius 1 is 0.293 bits per heavy atom. The van der Waals surface area contributed by atoms with Crippen LogP contribution in [0.15, 0.2) is 217 Å². The number of aromatic nitrogens is 1. The lowest BCUT2D eigenvalue weighted by Crippen LogP contribution is -1.93. The van der Waals surface area contributed by atoms with Gasteiger partial charge in [0, 0.05) is 32.8 Å².